The number of nitrogens with two attached hydrogens (primary N) is 1. The van der Waals surface area contributed by atoms with Crippen LogP contribution in [0.15, 0.2) is 24.3 Å². The van der Waals surface area contributed by atoms with Gasteiger partial charge in [0.15, 0.2) is 0 Å². The number of carbonyl (C=O) groups is 2. The van der Waals surface area contributed by atoms with E-state index in [1.807, 2.05) is 12.1 Å². The number of methoxy groups -OCH3 is 1. The lowest BCUT2D eigenvalue weighted by atomic mass is 10.1. The van der Waals surface area contributed by atoms with Crippen LogP contribution >= 0.6 is 0 Å². The monoisotopic (exact) mass is 280 g/mol. The van der Waals surface area contributed by atoms with Crippen molar-refractivity contribution in [2.45, 2.75) is 19.4 Å². The maximum atomic E-state index is 11.8. The predicted octanol–water partition coefficient (Wildman–Crippen LogP) is 0.244. The van der Waals surface area contributed by atoms with E-state index in [-0.39, 0.29) is 13.2 Å². The van der Waals surface area contributed by atoms with Gasteiger partial charge in [-0.25, -0.2) is 4.79 Å². The molecule has 20 heavy (non-hydrogen) atoms. The van der Waals surface area contributed by atoms with Gasteiger partial charge in [-0.15, -0.1) is 0 Å². The molecule has 0 aliphatic heterocycles. The van der Waals surface area contributed by atoms with Crippen molar-refractivity contribution in [3.8, 4) is 5.75 Å². The van der Waals surface area contributed by atoms with E-state index >= 15 is 0 Å². The van der Waals surface area contributed by atoms with Crippen molar-refractivity contribution in [2.75, 3.05) is 20.3 Å². The number of benzene rings is 1. The third-order valence-electron chi connectivity index (χ3n) is 2.67. The Balaban J connectivity index is 2.81. The topological polar surface area (TPSA) is 90.6 Å². The number of nitrogens with one attached hydrogen (secondary N) is 1. The first-order chi connectivity index (χ1) is 9.60. The second kappa shape index (κ2) is 8.16. The van der Waals surface area contributed by atoms with E-state index in [1.165, 1.54) is 0 Å². The molecule has 1 atom stereocenters. The van der Waals surface area contributed by atoms with Gasteiger partial charge in [0.25, 0.3) is 0 Å². The van der Waals surface area contributed by atoms with Crippen molar-refractivity contribution in [3.05, 3.63) is 29.8 Å². The second-order valence-electron chi connectivity index (χ2n) is 4.13. The van der Waals surface area contributed by atoms with Crippen molar-refractivity contribution in [1.82, 2.24) is 5.32 Å². The van der Waals surface area contributed by atoms with Gasteiger partial charge < -0.3 is 20.5 Å². The molecule has 1 aromatic rings. The first-order valence-corrected chi connectivity index (χ1v) is 6.39. The summed E-state index contributed by atoms with van der Waals surface area (Å²) in [5.74, 6) is -0.182. The minimum Gasteiger partial charge on any atom is -0.497 e. The van der Waals surface area contributed by atoms with Crippen molar-refractivity contribution in [1.29, 1.82) is 0 Å². The summed E-state index contributed by atoms with van der Waals surface area (Å²) in [6.45, 7) is 1.80. The molecular formula is C14H20N2O4. The molecule has 0 aliphatic carbocycles. The summed E-state index contributed by atoms with van der Waals surface area (Å²) in [5, 5.41) is 2.56. The molecule has 1 aromatic carbocycles. The van der Waals surface area contributed by atoms with Gasteiger partial charge in [-0.05, 0) is 24.6 Å². The van der Waals surface area contributed by atoms with Crippen LogP contribution in [0, 0.1) is 0 Å². The summed E-state index contributed by atoms with van der Waals surface area (Å²) in [6.07, 6.45) is 0.321. The van der Waals surface area contributed by atoms with Crippen LogP contribution in [0.3, 0.4) is 0 Å². The molecule has 0 fully saturated rings. The number of hydrogen-bond acceptors (Lipinski definition) is 5. The molecule has 6 nitrogen and oxygen atoms in total. The Morgan fingerprint density at radius 2 is 2.15 bits per heavy atom. The van der Waals surface area contributed by atoms with Crippen LogP contribution in [0.1, 0.15) is 12.5 Å². The molecule has 6 heteroatoms. The molecule has 0 saturated carbocycles. The average molecular weight is 280 g/mol. The van der Waals surface area contributed by atoms with Gasteiger partial charge in [0, 0.05) is 6.42 Å². The zero-order chi connectivity index (χ0) is 15.0. The van der Waals surface area contributed by atoms with Crippen molar-refractivity contribution < 1.29 is 19.1 Å². The number of ether oxygens (including phenoxy) is 2. The highest BCUT2D eigenvalue weighted by molar-refractivity contribution is 5.85. The fourth-order valence-corrected chi connectivity index (χ4v) is 1.72. The molecule has 110 valence electrons. The van der Waals surface area contributed by atoms with Crippen LogP contribution in [0.4, 0.5) is 0 Å². The summed E-state index contributed by atoms with van der Waals surface area (Å²) >= 11 is 0. The zero-order valence-corrected chi connectivity index (χ0v) is 11.7. The first kappa shape index (κ1) is 16.0. The van der Waals surface area contributed by atoms with E-state index in [4.69, 9.17) is 15.2 Å². The van der Waals surface area contributed by atoms with E-state index in [0.717, 1.165) is 5.56 Å². The second-order valence-corrected chi connectivity index (χ2v) is 4.13. The third kappa shape index (κ3) is 4.89. The minimum atomic E-state index is -0.752. The molecule has 0 radical (unpaired) electrons. The molecular weight excluding hydrogens is 260 g/mol. The third-order valence-corrected chi connectivity index (χ3v) is 2.67. The zero-order valence-electron chi connectivity index (χ0n) is 11.7. The maximum Gasteiger partial charge on any atom is 0.328 e. The van der Waals surface area contributed by atoms with Crippen LogP contribution in [0.25, 0.3) is 0 Å². The molecule has 0 saturated heterocycles. The van der Waals surface area contributed by atoms with Gasteiger partial charge in [0.05, 0.1) is 20.3 Å². The van der Waals surface area contributed by atoms with Crippen LogP contribution in [0.5, 0.6) is 5.75 Å². The Kier molecular flexibility index (Phi) is 6.52. The Labute approximate surface area is 118 Å². The molecule has 0 heterocycles. The number of esters is 1. The molecule has 1 rings (SSSR count). The molecule has 3 N–H and O–H groups in total. The lowest BCUT2D eigenvalue weighted by Gasteiger charge is -2.17. The lowest BCUT2D eigenvalue weighted by molar-refractivity contribution is -0.147. The standard InChI is InChI=1S/C14H20N2O4/c1-3-20-14(18)12(16-13(17)9-15)8-10-5-4-6-11(7-10)19-2/h4-7,12H,3,8-9,15H2,1-2H3,(H,16,17). The van der Waals surface area contributed by atoms with Gasteiger partial charge in [0.1, 0.15) is 11.8 Å². The van der Waals surface area contributed by atoms with Gasteiger partial charge in [0.2, 0.25) is 5.91 Å². The van der Waals surface area contributed by atoms with Crippen LogP contribution in [-0.4, -0.2) is 38.2 Å². The largest absolute Gasteiger partial charge is 0.497 e. The molecule has 1 unspecified atom stereocenters. The molecule has 0 aliphatic rings. The highest BCUT2D eigenvalue weighted by Crippen LogP contribution is 2.14. The average Bonchev–Trinajstić information content (AvgIpc) is 2.46. The molecule has 0 spiro atoms. The number of rotatable bonds is 7. The molecule has 1 amide bonds. The van der Waals surface area contributed by atoms with Crippen LogP contribution in [-0.2, 0) is 20.7 Å². The van der Waals surface area contributed by atoms with Gasteiger partial charge >= 0.3 is 5.97 Å². The molecule has 0 aromatic heterocycles. The Morgan fingerprint density at radius 1 is 1.40 bits per heavy atom. The van der Waals surface area contributed by atoms with Crippen LogP contribution < -0.4 is 15.8 Å². The number of carbonyl (C=O) groups excluding carboxylic acids is 2. The summed E-state index contributed by atoms with van der Waals surface area (Å²) in [5.41, 5.74) is 6.11. The van der Waals surface area contributed by atoms with Crippen molar-refractivity contribution >= 4 is 11.9 Å². The Morgan fingerprint density at radius 3 is 2.75 bits per heavy atom. The fraction of sp³-hybridized carbons (Fsp3) is 0.429. The first-order valence-electron chi connectivity index (χ1n) is 6.39. The summed E-state index contributed by atoms with van der Waals surface area (Å²) in [7, 11) is 1.57. The van der Waals surface area contributed by atoms with E-state index in [1.54, 1.807) is 26.2 Å². The number of amides is 1. The van der Waals surface area contributed by atoms with E-state index in [9.17, 15) is 9.59 Å². The SMILES string of the molecule is CCOC(=O)C(Cc1cccc(OC)c1)NC(=O)CN. The Bertz CT molecular complexity index is 462. The molecule has 0 bridgehead atoms. The summed E-state index contributed by atoms with van der Waals surface area (Å²) in [4.78, 5) is 23.2. The van der Waals surface area contributed by atoms with Crippen LogP contribution in [0.2, 0.25) is 0 Å². The van der Waals surface area contributed by atoms with Crippen molar-refractivity contribution in [3.63, 3.8) is 0 Å². The highest BCUT2D eigenvalue weighted by atomic mass is 16.5. The summed E-state index contributed by atoms with van der Waals surface area (Å²) in [6, 6.07) is 6.53. The minimum absolute atomic E-state index is 0.173. The lowest BCUT2D eigenvalue weighted by Crippen LogP contribution is -2.45. The van der Waals surface area contributed by atoms with E-state index in [0.29, 0.717) is 12.2 Å². The van der Waals surface area contributed by atoms with Crippen molar-refractivity contribution in [2.24, 2.45) is 5.73 Å². The van der Waals surface area contributed by atoms with Gasteiger partial charge in [-0.1, -0.05) is 12.1 Å². The fourth-order valence-electron chi connectivity index (χ4n) is 1.72. The normalized spacial score (nSPS) is 11.6. The van der Waals surface area contributed by atoms with E-state index in [2.05, 4.69) is 5.32 Å². The smallest absolute Gasteiger partial charge is 0.328 e. The number of hydrogen-bond donors (Lipinski definition) is 2. The maximum absolute atomic E-state index is 11.8. The Hall–Kier alpha value is -2.08. The predicted molar refractivity (Wildman–Crippen MR) is 74.3 cm³/mol. The quantitative estimate of drug-likeness (QED) is 0.698. The van der Waals surface area contributed by atoms with Gasteiger partial charge in [-0.3, -0.25) is 4.79 Å². The highest BCUT2D eigenvalue weighted by Gasteiger charge is 2.22. The summed E-state index contributed by atoms with van der Waals surface area (Å²) < 4.78 is 10.1. The van der Waals surface area contributed by atoms with Gasteiger partial charge in [-0.2, -0.15) is 0 Å². The van der Waals surface area contributed by atoms with E-state index < -0.39 is 17.9 Å².